The monoisotopic (exact) mass is 225 g/mol. The van der Waals surface area contributed by atoms with E-state index in [1.165, 1.54) is 33.5 Å². The topological polar surface area (TPSA) is 12.0 Å². The summed E-state index contributed by atoms with van der Waals surface area (Å²) < 4.78 is 0. The van der Waals surface area contributed by atoms with Crippen molar-refractivity contribution in [3.8, 4) is 11.1 Å². The van der Waals surface area contributed by atoms with Crippen molar-refractivity contribution in [3.63, 3.8) is 0 Å². The Labute approximate surface area is 103 Å². The number of para-hydroxylation sites is 1. The van der Waals surface area contributed by atoms with Gasteiger partial charge in [0.05, 0.1) is 0 Å². The lowest BCUT2D eigenvalue weighted by molar-refractivity contribution is 1.32. The van der Waals surface area contributed by atoms with E-state index in [-0.39, 0.29) is 0 Å². The van der Waals surface area contributed by atoms with Crippen molar-refractivity contribution in [2.45, 2.75) is 20.8 Å². The van der Waals surface area contributed by atoms with E-state index in [9.17, 15) is 0 Å². The fraction of sp³-hybridized carbons (Fsp3) is 0.250. The second kappa shape index (κ2) is 4.62. The van der Waals surface area contributed by atoms with E-state index in [0.717, 1.165) is 0 Å². The van der Waals surface area contributed by atoms with Crippen LogP contribution in [0.2, 0.25) is 0 Å². The maximum absolute atomic E-state index is 3.26. The summed E-state index contributed by atoms with van der Waals surface area (Å²) in [6.45, 7) is 6.51. The first-order chi connectivity index (χ1) is 8.13. The van der Waals surface area contributed by atoms with Crippen LogP contribution < -0.4 is 5.32 Å². The van der Waals surface area contributed by atoms with Gasteiger partial charge in [-0.15, -0.1) is 0 Å². The molecule has 2 aromatic rings. The Morgan fingerprint density at radius 3 is 2.06 bits per heavy atom. The van der Waals surface area contributed by atoms with E-state index < -0.39 is 0 Å². The van der Waals surface area contributed by atoms with Crippen LogP contribution in [-0.4, -0.2) is 7.05 Å². The molecule has 0 atom stereocenters. The Morgan fingerprint density at radius 1 is 0.882 bits per heavy atom. The molecule has 0 fully saturated rings. The SMILES string of the molecule is CNc1ccccc1-c1c(C)cc(C)cc1C. The van der Waals surface area contributed by atoms with Crippen molar-refractivity contribution in [1.82, 2.24) is 0 Å². The minimum Gasteiger partial charge on any atom is -0.388 e. The number of benzene rings is 2. The Bertz CT molecular complexity index is 518. The molecule has 0 aliphatic heterocycles. The lowest BCUT2D eigenvalue weighted by Gasteiger charge is -2.15. The third-order valence-electron chi connectivity index (χ3n) is 3.14. The highest BCUT2D eigenvalue weighted by molar-refractivity contribution is 5.82. The van der Waals surface area contributed by atoms with Gasteiger partial charge in [0.15, 0.2) is 0 Å². The molecular formula is C16H19N. The van der Waals surface area contributed by atoms with Gasteiger partial charge in [-0.3, -0.25) is 0 Å². The van der Waals surface area contributed by atoms with E-state index in [4.69, 9.17) is 0 Å². The third kappa shape index (κ3) is 2.19. The van der Waals surface area contributed by atoms with Crippen molar-refractivity contribution in [2.24, 2.45) is 0 Å². The lowest BCUT2D eigenvalue weighted by Crippen LogP contribution is -1.95. The average molecular weight is 225 g/mol. The van der Waals surface area contributed by atoms with Gasteiger partial charge in [-0.25, -0.2) is 0 Å². The molecule has 0 heterocycles. The second-order valence-corrected chi connectivity index (χ2v) is 4.57. The normalized spacial score (nSPS) is 10.4. The Kier molecular flexibility index (Phi) is 3.19. The number of rotatable bonds is 2. The molecule has 17 heavy (non-hydrogen) atoms. The first-order valence-electron chi connectivity index (χ1n) is 5.98. The van der Waals surface area contributed by atoms with Gasteiger partial charge in [-0.05, 0) is 43.5 Å². The number of anilines is 1. The van der Waals surface area contributed by atoms with Crippen LogP contribution in [0.15, 0.2) is 36.4 Å². The van der Waals surface area contributed by atoms with Gasteiger partial charge in [-0.1, -0.05) is 35.9 Å². The largest absolute Gasteiger partial charge is 0.388 e. The van der Waals surface area contributed by atoms with Gasteiger partial charge in [0, 0.05) is 18.3 Å². The highest BCUT2D eigenvalue weighted by Gasteiger charge is 2.09. The third-order valence-corrected chi connectivity index (χ3v) is 3.14. The van der Waals surface area contributed by atoms with E-state index in [1.807, 2.05) is 7.05 Å². The van der Waals surface area contributed by atoms with Gasteiger partial charge >= 0.3 is 0 Å². The van der Waals surface area contributed by atoms with Crippen molar-refractivity contribution in [3.05, 3.63) is 53.1 Å². The zero-order chi connectivity index (χ0) is 12.4. The van der Waals surface area contributed by atoms with Crippen LogP contribution in [0.4, 0.5) is 5.69 Å². The summed E-state index contributed by atoms with van der Waals surface area (Å²) in [6.07, 6.45) is 0. The molecule has 0 aliphatic rings. The molecular weight excluding hydrogens is 206 g/mol. The maximum atomic E-state index is 3.26. The predicted molar refractivity (Wildman–Crippen MR) is 75.6 cm³/mol. The fourth-order valence-electron chi connectivity index (χ4n) is 2.52. The number of aryl methyl sites for hydroxylation is 3. The number of hydrogen-bond donors (Lipinski definition) is 1. The molecule has 0 amide bonds. The molecule has 2 aromatic carbocycles. The highest BCUT2D eigenvalue weighted by Crippen LogP contribution is 2.33. The van der Waals surface area contributed by atoms with Crippen molar-refractivity contribution in [1.29, 1.82) is 0 Å². The lowest BCUT2D eigenvalue weighted by atomic mass is 9.93. The summed E-state index contributed by atoms with van der Waals surface area (Å²) in [7, 11) is 1.97. The van der Waals surface area contributed by atoms with Crippen LogP contribution in [0.5, 0.6) is 0 Å². The summed E-state index contributed by atoms with van der Waals surface area (Å²) >= 11 is 0. The first-order valence-corrected chi connectivity index (χ1v) is 5.98. The molecule has 0 unspecified atom stereocenters. The van der Waals surface area contributed by atoms with Gasteiger partial charge in [0.1, 0.15) is 0 Å². The van der Waals surface area contributed by atoms with Gasteiger partial charge in [0.2, 0.25) is 0 Å². The molecule has 1 N–H and O–H groups in total. The maximum Gasteiger partial charge on any atom is 0.0417 e. The van der Waals surface area contributed by atoms with E-state index in [1.54, 1.807) is 0 Å². The zero-order valence-electron chi connectivity index (χ0n) is 11.0. The standard InChI is InChI=1S/C16H19N/c1-11-9-12(2)16(13(3)10-11)14-7-5-6-8-15(14)17-4/h5-10,17H,1-4H3. The smallest absolute Gasteiger partial charge is 0.0417 e. The summed E-state index contributed by atoms with van der Waals surface area (Å²) in [4.78, 5) is 0. The minimum atomic E-state index is 1.18. The number of nitrogens with one attached hydrogen (secondary N) is 1. The summed E-state index contributed by atoms with van der Waals surface area (Å²) in [5, 5.41) is 3.26. The molecule has 0 bridgehead atoms. The van der Waals surface area contributed by atoms with Crippen molar-refractivity contribution < 1.29 is 0 Å². The quantitative estimate of drug-likeness (QED) is 0.802. The van der Waals surface area contributed by atoms with Crippen LogP contribution in [-0.2, 0) is 0 Å². The average Bonchev–Trinajstić information content (AvgIpc) is 2.28. The van der Waals surface area contributed by atoms with Crippen LogP contribution in [0, 0.1) is 20.8 Å². The van der Waals surface area contributed by atoms with E-state index in [0.29, 0.717) is 0 Å². The van der Waals surface area contributed by atoms with Gasteiger partial charge in [-0.2, -0.15) is 0 Å². The second-order valence-electron chi connectivity index (χ2n) is 4.57. The Balaban J connectivity index is 2.68. The molecule has 0 saturated carbocycles. The summed E-state index contributed by atoms with van der Waals surface area (Å²) in [5.41, 5.74) is 7.81. The molecule has 0 spiro atoms. The van der Waals surface area contributed by atoms with Crippen LogP contribution in [0.1, 0.15) is 16.7 Å². The Hall–Kier alpha value is -1.76. The van der Waals surface area contributed by atoms with Crippen molar-refractivity contribution >= 4 is 5.69 Å². The van der Waals surface area contributed by atoms with E-state index in [2.05, 4.69) is 62.5 Å². The summed E-state index contributed by atoms with van der Waals surface area (Å²) in [5.74, 6) is 0. The summed E-state index contributed by atoms with van der Waals surface area (Å²) in [6, 6.07) is 12.9. The molecule has 0 radical (unpaired) electrons. The minimum absolute atomic E-state index is 1.18. The Morgan fingerprint density at radius 2 is 1.47 bits per heavy atom. The van der Waals surface area contributed by atoms with Crippen LogP contribution in [0.3, 0.4) is 0 Å². The molecule has 2 rings (SSSR count). The highest BCUT2D eigenvalue weighted by atomic mass is 14.8. The molecule has 0 aliphatic carbocycles. The van der Waals surface area contributed by atoms with Crippen molar-refractivity contribution in [2.75, 3.05) is 12.4 Å². The zero-order valence-corrected chi connectivity index (χ0v) is 11.0. The molecule has 1 heteroatoms. The first kappa shape index (κ1) is 11.7. The molecule has 0 saturated heterocycles. The van der Waals surface area contributed by atoms with Gasteiger partial charge < -0.3 is 5.32 Å². The molecule has 1 nitrogen and oxygen atoms in total. The van der Waals surface area contributed by atoms with Crippen LogP contribution in [0.25, 0.3) is 11.1 Å². The van der Waals surface area contributed by atoms with E-state index >= 15 is 0 Å². The van der Waals surface area contributed by atoms with Crippen LogP contribution >= 0.6 is 0 Å². The number of hydrogen-bond acceptors (Lipinski definition) is 1. The fourth-order valence-corrected chi connectivity index (χ4v) is 2.52. The predicted octanol–water partition coefficient (Wildman–Crippen LogP) is 4.32. The molecule has 88 valence electrons. The van der Waals surface area contributed by atoms with Gasteiger partial charge in [0.25, 0.3) is 0 Å². The molecule has 0 aromatic heterocycles.